The molecule has 0 unspecified atom stereocenters. The van der Waals surface area contributed by atoms with Crippen molar-refractivity contribution in [3.8, 4) is 11.4 Å². The minimum Gasteiger partial charge on any atom is -0.553 e. The van der Waals surface area contributed by atoms with Gasteiger partial charge in [-0.1, -0.05) is 0 Å². The molecule has 3 aromatic heterocycles. The average molecular weight is 1860 g/mol. The first-order valence-electron chi connectivity index (χ1n) is 39.7. The molecule has 0 bridgehead atoms. The van der Waals surface area contributed by atoms with Crippen LogP contribution in [0.25, 0.3) is 39.3 Å². The van der Waals surface area contributed by atoms with Crippen LogP contribution in [-0.2, 0) is 14.2 Å². The van der Waals surface area contributed by atoms with Crippen LogP contribution in [0.15, 0.2) is 237 Å². The van der Waals surface area contributed by atoms with E-state index in [2.05, 4.69) is 50.0 Å². The summed E-state index contributed by atoms with van der Waals surface area (Å²) in [7, 11) is 3.53. The molecular weight excluding hydrogens is 1760 g/mol. The summed E-state index contributed by atoms with van der Waals surface area (Å²) in [6.07, 6.45) is 4.94. The van der Waals surface area contributed by atoms with Gasteiger partial charge in [-0.05, 0) is 242 Å². The number of Topliss-reactive ketones (excluding diaryl/α,β-unsaturated/α-hetero) is 4. The van der Waals surface area contributed by atoms with Gasteiger partial charge in [0.05, 0.1) is 57.4 Å². The number of halogens is 7. The number of alkyl halides is 1. The fourth-order valence-electron chi connectivity index (χ4n) is 11.2. The number of carboxylic acids is 1. The maximum Gasteiger partial charge on any atom is 1.00 e. The van der Waals surface area contributed by atoms with Gasteiger partial charge in [0.1, 0.15) is 47.4 Å². The summed E-state index contributed by atoms with van der Waals surface area (Å²) in [5.74, 6) is 0.808. The van der Waals surface area contributed by atoms with Gasteiger partial charge < -0.3 is 73.0 Å². The molecule has 2 fully saturated rings. The first-order valence-corrected chi connectivity index (χ1v) is 39.9. The fraction of sp³-hybridized carbons (Fsp3) is 0.220. The van der Waals surface area contributed by atoms with Gasteiger partial charge in [0.15, 0.2) is 28.1 Å². The second-order valence-electron chi connectivity index (χ2n) is 26.8. The molecule has 0 atom stereocenters. The van der Waals surface area contributed by atoms with Crippen molar-refractivity contribution in [1.29, 1.82) is 0 Å². The van der Waals surface area contributed by atoms with Gasteiger partial charge in [-0.3, -0.25) is 62.6 Å². The maximum atomic E-state index is 12.9. The van der Waals surface area contributed by atoms with Crippen LogP contribution in [0.5, 0.6) is 0 Å². The number of benzene rings is 10. The van der Waals surface area contributed by atoms with E-state index in [4.69, 9.17) is 39.3 Å². The Morgan fingerprint density at radius 2 is 0.894 bits per heavy atom. The number of aliphatic hydroxyl groups excluding tert-OH is 2. The second-order valence-corrected chi connectivity index (χ2v) is 27.6. The van der Waals surface area contributed by atoms with Crippen LogP contribution >= 0.6 is 11.3 Å². The molecule has 0 radical (unpaired) electrons. The number of carboxylic acid groups (broad SMARTS) is 1. The molecule has 2 aliphatic heterocycles. The fourth-order valence-corrected chi connectivity index (χ4v) is 11.8. The zero-order valence-corrected chi connectivity index (χ0v) is 76.2. The molecule has 13 aromatic rings. The van der Waals surface area contributed by atoms with Crippen molar-refractivity contribution in [2.75, 3.05) is 103 Å². The number of nitrogens with two attached hydrogens (primary N) is 2. The van der Waals surface area contributed by atoms with Crippen LogP contribution in [0.4, 0.5) is 76.2 Å². The van der Waals surface area contributed by atoms with Gasteiger partial charge in [-0.25, -0.2) is 41.7 Å². The van der Waals surface area contributed by atoms with Gasteiger partial charge >= 0.3 is 41.2 Å². The Morgan fingerprint density at radius 3 is 1.25 bits per heavy atom. The summed E-state index contributed by atoms with van der Waals surface area (Å²) in [5, 5.41) is 63.2. The van der Waals surface area contributed by atoms with Crippen LogP contribution in [0.1, 0.15) is 105 Å². The number of anilines is 6. The molecule has 132 heavy (non-hydrogen) atoms. The number of methoxy groups -OCH3 is 3. The number of aliphatic hydroxyl groups is 2. The summed E-state index contributed by atoms with van der Waals surface area (Å²) < 4.78 is 109. The summed E-state index contributed by atoms with van der Waals surface area (Å²) in [6.45, 7) is 14.8. The number of thiazole rings is 1. The van der Waals surface area contributed by atoms with Gasteiger partial charge in [0, 0.05) is 154 Å². The quantitative estimate of drug-likeness (QED) is 0.00732. The monoisotopic (exact) mass is 1860 g/mol. The number of nitrogens with zero attached hydrogens (tertiary/aromatic N) is 9. The Kier molecular flexibility index (Phi) is 50.1. The molecule has 1 amide bonds. The molecule has 2 saturated heterocycles. The van der Waals surface area contributed by atoms with Crippen molar-refractivity contribution in [3.63, 3.8) is 0 Å². The molecule has 0 saturated carbocycles. The normalized spacial score (nSPS) is 11.4. The third kappa shape index (κ3) is 37.2. The number of fused-ring (bicyclic) bond motifs is 2. The number of rotatable bonds is 18. The Labute approximate surface area is 782 Å². The molecular formula is C91H99F7N15NaO17S. The number of ketones is 4. The molecule has 12 N–H and O–H groups in total. The number of nitrogens with one attached hydrogen (secondary N) is 4. The molecule has 41 heteroatoms. The van der Waals surface area contributed by atoms with Crippen molar-refractivity contribution in [2.45, 2.75) is 54.1 Å². The third-order valence-corrected chi connectivity index (χ3v) is 18.5. The van der Waals surface area contributed by atoms with E-state index in [-0.39, 0.29) is 123 Å². The topological polar surface area (TPSA) is 464 Å². The molecule has 15 rings (SSSR count). The van der Waals surface area contributed by atoms with E-state index >= 15 is 0 Å². The Morgan fingerprint density at radius 1 is 0.538 bits per heavy atom. The van der Waals surface area contributed by atoms with Crippen LogP contribution in [0, 0.1) is 55.1 Å². The van der Waals surface area contributed by atoms with E-state index in [0.29, 0.717) is 50.4 Å². The molecule has 696 valence electrons. The van der Waals surface area contributed by atoms with Crippen LogP contribution < -0.4 is 57.0 Å². The molecule has 32 nitrogen and oxygen atoms in total. The minimum absolute atomic E-state index is 0. The second kappa shape index (κ2) is 59.7. The maximum absolute atomic E-state index is 12.9. The van der Waals surface area contributed by atoms with Gasteiger partial charge in [-0.15, -0.1) is 11.3 Å². The smallest absolute Gasteiger partial charge is 0.553 e. The Bertz CT molecular complexity index is 5630. The van der Waals surface area contributed by atoms with Gasteiger partial charge in [0.2, 0.25) is 5.82 Å². The van der Waals surface area contributed by atoms with Crippen molar-refractivity contribution in [3.05, 3.63) is 330 Å². The number of hydrogen-bond donors (Lipinski definition) is 9. The minimum atomic E-state index is -1.00. The van der Waals surface area contributed by atoms with E-state index in [9.17, 15) is 79.7 Å². The van der Waals surface area contributed by atoms with Crippen LogP contribution in [0.2, 0.25) is 0 Å². The first-order chi connectivity index (χ1) is 63.1. The number of aromatic nitrogens is 5. The number of hydrogen-bond acceptors (Lipinski definition) is 26. The Hall–Kier alpha value is -13.5. The van der Waals surface area contributed by atoms with Crippen LogP contribution in [0.3, 0.4) is 0 Å². The number of nitro groups is 2. The van der Waals surface area contributed by atoms with E-state index in [0.717, 1.165) is 85.0 Å². The predicted molar refractivity (Wildman–Crippen MR) is 486 cm³/mol. The Balaban J connectivity index is 0.000000390. The number of piperazine rings is 1. The largest absolute Gasteiger partial charge is 1.00 e. The molecule has 0 aliphatic carbocycles. The SMILES string of the molecule is CC(=O)c1ccc(F)c([N+](=O)[O-])c1.CC(=O)c1ccc(Nc2ccc(F)cc2)c(N)c1.CC(=O)c1ccc(Nc2ccc(F)cc2)c([N+](=O)[O-])c1.CC(=O)c1ccc2c(c1)ncn2-c1ccc(F)cc1.CCO.CCO.COC(OC)OC.Nc1ccc(F)cc1.O=C(O)c1ccc2c(c1)ncn2-c1ccc(F)cc1.O=C(c1nccs1)N1CCN(C2CNC2)CC1.[2H]CF.[NH-]O.[Na+]. The third-order valence-electron chi connectivity index (χ3n) is 17.8. The zero-order chi connectivity index (χ0) is 98.1. The average Bonchev–Trinajstić information content (AvgIpc) is 1.66. The summed E-state index contributed by atoms with van der Waals surface area (Å²) in [5.41, 5.74) is 19.9. The number of nitro benzene ring substituents is 2. The number of amides is 1. The van der Waals surface area contributed by atoms with Crippen molar-refractivity contribution in [2.24, 2.45) is 0 Å². The molecule has 10 aromatic carbocycles. The number of carbonyl (C=O) groups is 6. The number of carbonyl (C=O) groups excluding carboxylic acids is 5. The molecule has 0 spiro atoms. The van der Waals surface area contributed by atoms with E-state index in [1.165, 1.54) is 182 Å². The zero-order valence-electron chi connectivity index (χ0n) is 74.4. The standard InChI is InChI=1S/C15H11FN2O.C14H11FN2O3.C14H9FN2O2.C14H13FN2O.C11H16N4OS.C8H6FNO3.C6H6FN.C4H10O3.2C2H6O.CH3F.H2NO.Na/c1-10(19)11-2-7-15-14(8-11)17-9-18(15)13-5-3-12(16)4-6-13;1-9(18)10-2-7-13(14(8-10)17(19)20)16-12-5-3-11(15)4-6-12;15-10-2-4-11(5-3-10)17-8-16-12-7-9(14(18)19)1-6-13(12)17;1-9(18)10-2-7-14(13(16)8-10)17-12-5-3-11(15)4-6-12;16-11(10-13-1-6-17-10)15-4-2-14(3-5-15)9-7-12-8-9;1-5(11)6-2-3-7(9)8(4-6)10(12)13;7-5-1-3-6(8)4-2-5;1-5-4(6-2)7-3;2*1-2-3;2*1-2;/h2-9H,1H3;2-8,16H,1H3;1-8H,(H,18,19);2-8,17H,16H2,1H3;1,6,9,12H,2-5,7-8H2;2-4H,1H3;1-4H,8H2;4H,1-3H3;2*3H,2H2,1H3;1H3;1-2H;/q;;;;;;;;;;;-1;+1/i;;;;;;;;;;1D;;. The summed E-state index contributed by atoms with van der Waals surface area (Å²) in [6, 6.07) is 52.4. The van der Waals surface area contributed by atoms with Crippen molar-refractivity contribution < 1.29 is 135 Å². The summed E-state index contributed by atoms with van der Waals surface area (Å²) in [4.78, 5) is 104. The number of nitrogen functional groups attached to an aromatic ring is 2. The first kappa shape index (κ1) is 111. The summed E-state index contributed by atoms with van der Waals surface area (Å²) >= 11 is 1.42. The van der Waals surface area contributed by atoms with E-state index < -0.39 is 46.8 Å². The van der Waals surface area contributed by atoms with Gasteiger partial charge in [-0.2, -0.15) is 4.39 Å². The number of ether oxygens (including phenoxy) is 3. The predicted octanol–water partition coefficient (Wildman–Crippen LogP) is 14.7. The van der Waals surface area contributed by atoms with E-state index in [1.54, 1.807) is 110 Å². The molecule has 5 heterocycles. The van der Waals surface area contributed by atoms with Gasteiger partial charge in [0.25, 0.3) is 18.1 Å². The molecule has 2 aliphatic rings. The number of aromatic carboxylic acids is 1. The van der Waals surface area contributed by atoms with E-state index in [1.807, 2.05) is 20.9 Å². The van der Waals surface area contributed by atoms with Crippen molar-refractivity contribution >= 4 is 114 Å². The van der Waals surface area contributed by atoms with Crippen molar-refractivity contribution in [1.82, 2.24) is 39.2 Å². The number of imidazole rings is 2. The van der Waals surface area contributed by atoms with Crippen LogP contribution in [-0.4, -0.2) is 193 Å².